The van der Waals surface area contributed by atoms with Gasteiger partial charge in [0.15, 0.2) is 6.29 Å². The SMILES string of the molecule is CCCN(CCC)c1ccc(C=O)nc1C. The fourth-order valence-corrected chi connectivity index (χ4v) is 1.87. The molecule has 88 valence electrons. The first-order chi connectivity index (χ1) is 7.72. The summed E-state index contributed by atoms with van der Waals surface area (Å²) in [6.45, 7) is 8.38. The number of hydrogen-bond donors (Lipinski definition) is 0. The van der Waals surface area contributed by atoms with E-state index in [1.54, 1.807) is 6.07 Å². The average Bonchev–Trinajstić information content (AvgIpc) is 2.29. The van der Waals surface area contributed by atoms with E-state index in [2.05, 4.69) is 23.7 Å². The van der Waals surface area contributed by atoms with Crippen molar-refractivity contribution in [3.63, 3.8) is 0 Å². The molecule has 1 aromatic rings. The van der Waals surface area contributed by atoms with Crippen molar-refractivity contribution >= 4 is 12.0 Å². The van der Waals surface area contributed by atoms with E-state index in [-0.39, 0.29) is 0 Å². The molecule has 1 heterocycles. The third kappa shape index (κ3) is 3.05. The van der Waals surface area contributed by atoms with Crippen LogP contribution in [-0.2, 0) is 0 Å². The number of rotatable bonds is 6. The molecule has 0 bridgehead atoms. The van der Waals surface area contributed by atoms with Gasteiger partial charge in [-0.25, -0.2) is 4.98 Å². The largest absolute Gasteiger partial charge is 0.370 e. The predicted molar refractivity (Wildman–Crippen MR) is 67.2 cm³/mol. The summed E-state index contributed by atoms with van der Waals surface area (Å²) < 4.78 is 0. The molecular weight excluding hydrogens is 200 g/mol. The molecule has 0 saturated heterocycles. The molecule has 0 aliphatic heterocycles. The zero-order valence-electron chi connectivity index (χ0n) is 10.4. The molecule has 0 spiro atoms. The standard InChI is InChI=1S/C13H20N2O/c1-4-8-15(9-5-2)13-7-6-12(10-16)14-11(13)3/h6-7,10H,4-5,8-9H2,1-3H3. The van der Waals surface area contributed by atoms with Gasteiger partial charge in [-0.1, -0.05) is 13.8 Å². The molecule has 3 nitrogen and oxygen atoms in total. The minimum atomic E-state index is 0.509. The van der Waals surface area contributed by atoms with Crippen molar-refractivity contribution < 1.29 is 4.79 Å². The van der Waals surface area contributed by atoms with Gasteiger partial charge in [0.25, 0.3) is 0 Å². The molecule has 0 aliphatic rings. The zero-order valence-corrected chi connectivity index (χ0v) is 10.4. The lowest BCUT2D eigenvalue weighted by Crippen LogP contribution is -2.26. The molecule has 0 N–H and O–H groups in total. The van der Waals surface area contributed by atoms with E-state index in [4.69, 9.17) is 0 Å². The van der Waals surface area contributed by atoms with Crippen LogP contribution in [0.4, 0.5) is 5.69 Å². The molecule has 1 aromatic heterocycles. The van der Waals surface area contributed by atoms with Crippen molar-refractivity contribution in [3.05, 3.63) is 23.5 Å². The second kappa shape index (κ2) is 6.26. The van der Waals surface area contributed by atoms with Gasteiger partial charge in [-0.05, 0) is 31.9 Å². The maximum atomic E-state index is 10.6. The quantitative estimate of drug-likeness (QED) is 0.691. The first-order valence-corrected chi connectivity index (χ1v) is 5.90. The molecular formula is C13H20N2O. The Balaban J connectivity index is 2.94. The van der Waals surface area contributed by atoms with Gasteiger partial charge < -0.3 is 4.90 Å². The number of carbonyl (C=O) groups is 1. The first-order valence-electron chi connectivity index (χ1n) is 5.90. The molecule has 0 radical (unpaired) electrons. The lowest BCUT2D eigenvalue weighted by molar-refractivity contribution is 0.111. The van der Waals surface area contributed by atoms with Gasteiger partial charge in [0.2, 0.25) is 0 Å². The van der Waals surface area contributed by atoms with E-state index in [1.165, 1.54) is 0 Å². The number of carbonyl (C=O) groups excluding carboxylic acids is 1. The predicted octanol–water partition coefficient (Wildman–Crippen LogP) is 2.83. The molecule has 0 saturated carbocycles. The van der Waals surface area contributed by atoms with Gasteiger partial charge in [0, 0.05) is 13.1 Å². The molecule has 3 heteroatoms. The second-order valence-electron chi connectivity index (χ2n) is 3.95. The van der Waals surface area contributed by atoms with Crippen LogP contribution in [0.25, 0.3) is 0 Å². The number of pyridine rings is 1. The highest BCUT2D eigenvalue weighted by molar-refractivity contribution is 5.73. The van der Waals surface area contributed by atoms with Gasteiger partial charge in [0.1, 0.15) is 5.69 Å². The Morgan fingerprint density at radius 1 is 1.25 bits per heavy atom. The Kier molecular flexibility index (Phi) is 4.96. The monoisotopic (exact) mass is 220 g/mol. The summed E-state index contributed by atoms with van der Waals surface area (Å²) in [5.74, 6) is 0. The summed E-state index contributed by atoms with van der Waals surface area (Å²) in [6.07, 6.45) is 3.03. The Hall–Kier alpha value is -1.38. The normalized spacial score (nSPS) is 10.2. The van der Waals surface area contributed by atoms with Crippen LogP contribution in [0.3, 0.4) is 0 Å². The lowest BCUT2D eigenvalue weighted by Gasteiger charge is -2.25. The fourth-order valence-electron chi connectivity index (χ4n) is 1.87. The number of anilines is 1. The molecule has 0 fully saturated rings. The van der Waals surface area contributed by atoms with E-state index in [1.807, 2.05) is 13.0 Å². The summed E-state index contributed by atoms with van der Waals surface area (Å²) in [5, 5.41) is 0. The summed E-state index contributed by atoms with van der Waals surface area (Å²) in [4.78, 5) is 17.2. The number of aromatic nitrogens is 1. The van der Waals surface area contributed by atoms with Crippen LogP contribution in [0.15, 0.2) is 12.1 Å². The number of nitrogens with zero attached hydrogens (tertiary/aromatic N) is 2. The Morgan fingerprint density at radius 2 is 1.88 bits per heavy atom. The van der Waals surface area contributed by atoms with Crippen LogP contribution < -0.4 is 4.90 Å². The summed E-state index contributed by atoms with van der Waals surface area (Å²) in [6, 6.07) is 3.78. The minimum absolute atomic E-state index is 0.509. The zero-order chi connectivity index (χ0) is 12.0. The van der Waals surface area contributed by atoms with Crippen molar-refractivity contribution in [2.75, 3.05) is 18.0 Å². The molecule has 0 atom stereocenters. The number of aldehydes is 1. The van der Waals surface area contributed by atoms with Crippen LogP contribution in [0, 0.1) is 6.92 Å². The van der Waals surface area contributed by atoms with Crippen LogP contribution in [0.5, 0.6) is 0 Å². The van der Waals surface area contributed by atoms with Crippen molar-refractivity contribution in [2.45, 2.75) is 33.6 Å². The van der Waals surface area contributed by atoms with Crippen LogP contribution >= 0.6 is 0 Å². The van der Waals surface area contributed by atoms with E-state index in [0.717, 1.165) is 43.6 Å². The first kappa shape index (κ1) is 12.7. The topological polar surface area (TPSA) is 33.2 Å². The number of aryl methyl sites for hydroxylation is 1. The lowest BCUT2D eigenvalue weighted by atomic mass is 10.2. The maximum absolute atomic E-state index is 10.6. The van der Waals surface area contributed by atoms with Gasteiger partial charge in [-0.3, -0.25) is 4.79 Å². The third-order valence-corrected chi connectivity index (χ3v) is 2.53. The van der Waals surface area contributed by atoms with Crippen LogP contribution in [0.1, 0.15) is 42.9 Å². The Morgan fingerprint density at radius 3 is 2.31 bits per heavy atom. The molecule has 1 rings (SSSR count). The summed E-state index contributed by atoms with van der Waals surface area (Å²) in [7, 11) is 0. The molecule has 16 heavy (non-hydrogen) atoms. The van der Waals surface area contributed by atoms with Gasteiger partial charge in [-0.2, -0.15) is 0 Å². The minimum Gasteiger partial charge on any atom is -0.370 e. The third-order valence-electron chi connectivity index (χ3n) is 2.53. The number of hydrogen-bond acceptors (Lipinski definition) is 3. The summed E-state index contributed by atoms with van der Waals surface area (Å²) in [5.41, 5.74) is 2.59. The smallest absolute Gasteiger partial charge is 0.168 e. The Labute approximate surface area is 97.5 Å². The molecule has 0 unspecified atom stereocenters. The Bertz CT molecular complexity index is 344. The highest BCUT2D eigenvalue weighted by Crippen LogP contribution is 2.18. The van der Waals surface area contributed by atoms with Crippen LogP contribution in [0.2, 0.25) is 0 Å². The average molecular weight is 220 g/mol. The van der Waals surface area contributed by atoms with Gasteiger partial charge >= 0.3 is 0 Å². The second-order valence-corrected chi connectivity index (χ2v) is 3.95. The van der Waals surface area contributed by atoms with Crippen LogP contribution in [-0.4, -0.2) is 24.4 Å². The molecule has 0 aliphatic carbocycles. The van der Waals surface area contributed by atoms with E-state index >= 15 is 0 Å². The highest BCUT2D eigenvalue weighted by Gasteiger charge is 2.08. The molecule has 0 amide bonds. The van der Waals surface area contributed by atoms with Crippen molar-refractivity contribution in [1.29, 1.82) is 0 Å². The van der Waals surface area contributed by atoms with Crippen molar-refractivity contribution in [3.8, 4) is 0 Å². The summed E-state index contributed by atoms with van der Waals surface area (Å²) >= 11 is 0. The highest BCUT2D eigenvalue weighted by atomic mass is 16.1. The fraction of sp³-hybridized carbons (Fsp3) is 0.538. The van der Waals surface area contributed by atoms with E-state index in [0.29, 0.717) is 5.69 Å². The van der Waals surface area contributed by atoms with E-state index in [9.17, 15) is 4.79 Å². The maximum Gasteiger partial charge on any atom is 0.168 e. The van der Waals surface area contributed by atoms with Crippen molar-refractivity contribution in [1.82, 2.24) is 4.98 Å². The van der Waals surface area contributed by atoms with Gasteiger partial charge in [0.05, 0.1) is 11.4 Å². The van der Waals surface area contributed by atoms with E-state index < -0.39 is 0 Å². The molecule has 0 aromatic carbocycles. The van der Waals surface area contributed by atoms with Crippen molar-refractivity contribution in [2.24, 2.45) is 0 Å². The van der Waals surface area contributed by atoms with Gasteiger partial charge in [-0.15, -0.1) is 0 Å².